The Morgan fingerprint density at radius 3 is 2.20 bits per heavy atom. The van der Waals surface area contributed by atoms with Gasteiger partial charge in [-0.05, 0) is 47.5 Å². The number of hydroxylamine groups is 3. The first-order chi connectivity index (χ1) is 16.0. The van der Waals surface area contributed by atoms with Gasteiger partial charge in [-0.2, -0.15) is 31.2 Å². The monoisotopic (exact) mass is 526 g/mol. The molecule has 3 rings (SSSR count). The fourth-order valence-corrected chi connectivity index (χ4v) is 3.96. The maximum atomic E-state index is 13.2. The van der Waals surface area contributed by atoms with Gasteiger partial charge in [0.15, 0.2) is 6.54 Å². The van der Waals surface area contributed by atoms with Crippen molar-refractivity contribution in [3.63, 3.8) is 0 Å². The fraction of sp³-hybridized carbons (Fsp3) is 0.263. The zero-order chi connectivity index (χ0) is 26.4. The molecular formula is C19H14F6N3O6S+. The van der Waals surface area contributed by atoms with Gasteiger partial charge >= 0.3 is 23.7 Å². The molecule has 1 aliphatic rings. The number of imide groups is 1. The van der Waals surface area contributed by atoms with E-state index < -0.39 is 67.7 Å². The summed E-state index contributed by atoms with van der Waals surface area (Å²) >= 11 is 0. The third-order valence-electron chi connectivity index (χ3n) is 4.94. The summed E-state index contributed by atoms with van der Waals surface area (Å²) in [5.74, 6) is -3.90. The average molecular weight is 526 g/mol. The fourth-order valence-electron chi connectivity index (χ4n) is 3.20. The smallest absolute Gasteiger partial charge is 0.267 e. The molecule has 188 valence electrons. The number of urea groups is 1. The number of amides is 3. The number of aryl methyl sites for hydroxylation is 1. The molecule has 1 aromatic heterocycles. The van der Waals surface area contributed by atoms with Crippen molar-refractivity contribution in [2.24, 2.45) is 0 Å². The maximum Gasteiger partial charge on any atom is 0.501 e. The van der Waals surface area contributed by atoms with Crippen LogP contribution in [-0.2, 0) is 30.8 Å². The van der Waals surface area contributed by atoms with Gasteiger partial charge in [-0.1, -0.05) is 0 Å². The van der Waals surface area contributed by atoms with Gasteiger partial charge in [0.05, 0.1) is 10.6 Å². The summed E-state index contributed by atoms with van der Waals surface area (Å²) in [5.41, 5.74) is -5.46. The first-order valence-electron chi connectivity index (χ1n) is 9.36. The van der Waals surface area contributed by atoms with Crippen LogP contribution in [0.25, 0.3) is 0 Å². The van der Waals surface area contributed by atoms with Crippen LogP contribution in [0.1, 0.15) is 11.1 Å². The van der Waals surface area contributed by atoms with E-state index >= 15 is 0 Å². The Labute approximate surface area is 193 Å². The second-order valence-electron chi connectivity index (χ2n) is 7.34. The van der Waals surface area contributed by atoms with E-state index in [9.17, 15) is 49.1 Å². The molecule has 9 nitrogen and oxygen atoms in total. The van der Waals surface area contributed by atoms with E-state index in [0.29, 0.717) is 34.7 Å². The van der Waals surface area contributed by atoms with Gasteiger partial charge in [0.25, 0.3) is 15.7 Å². The molecule has 2 heterocycles. The average Bonchev–Trinajstić information content (AvgIpc) is 2.97. The summed E-state index contributed by atoms with van der Waals surface area (Å²) < 4.78 is 98.3. The van der Waals surface area contributed by atoms with Crippen LogP contribution in [0, 0.1) is 6.92 Å². The highest BCUT2D eigenvalue weighted by molar-refractivity contribution is 7.92. The highest BCUT2D eigenvalue weighted by Gasteiger charge is 2.60. The van der Waals surface area contributed by atoms with Crippen LogP contribution < -0.4 is 4.90 Å². The lowest BCUT2D eigenvalue weighted by atomic mass is 10.1. The zero-order valence-electron chi connectivity index (χ0n) is 17.4. The van der Waals surface area contributed by atoms with Gasteiger partial charge in [-0.15, -0.1) is 0 Å². The number of sulfone groups is 1. The molecule has 0 radical (unpaired) electrons. The Kier molecular flexibility index (Phi) is 6.41. The SMILES string of the molecule is Cc1cnccc1C[N+]1(OC(=O)C(F)(F)F)CC(=O)N(c2ccc(S(=O)(=O)C(F)(F)F)cc2)C1=O. The first kappa shape index (κ1) is 26.1. The Morgan fingerprint density at radius 2 is 1.69 bits per heavy atom. The van der Waals surface area contributed by atoms with E-state index in [0.717, 1.165) is 0 Å². The lowest BCUT2D eigenvalue weighted by molar-refractivity contribution is -1.02. The quantitative estimate of drug-likeness (QED) is 0.334. The van der Waals surface area contributed by atoms with Gasteiger partial charge in [0.1, 0.15) is 0 Å². The molecule has 16 heteroatoms. The summed E-state index contributed by atoms with van der Waals surface area (Å²) in [4.78, 5) is 44.8. The van der Waals surface area contributed by atoms with Gasteiger partial charge in [-0.25, -0.2) is 18.0 Å². The van der Waals surface area contributed by atoms with Gasteiger partial charge in [0, 0.05) is 18.0 Å². The molecule has 0 spiro atoms. The molecule has 0 aliphatic carbocycles. The van der Waals surface area contributed by atoms with Crippen LogP contribution >= 0.6 is 0 Å². The number of aromatic nitrogens is 1. The molecule has 1 aliphatic heterocycles. The number of hydrogen-bond donors (Lipinski definition) is 0. The van der Waals surface area contributed by atoms with Crippen molar-refractivity contribution in [2.75, 3.05) is 11.4 Å². The van der Waals surface area contributed by atoms with Crippen LogP contribution in [0.4, 0.5) is 36.8 Å². The molecule has 0 bridgehead atoms. The van der Waals surface area contributed by atoms with Crippen LogP contribution in [0.5, 0.6) is 0 Å². The van der Waals surface area contributed by atoms with E-state index in [1.165, 1.54) is 25.4 Å². The lowest BCUT2D eigenvalue weighted by Gasteiger charge is -2.27. The number of benzene rings is 1. The molecule has 3 amide bonds. The Balaban J connectivity index is 2.03. The molecule has 0 saturated carbocycles. The standard InChI is InChI=1S/C19H14F6N3O6S/c1-11-8-26-7-6-12(11)9-28(34-16(30)18(20,21)22)10-15(29)27(17(28)31)13-2-4-14(5-3-13)35(32,33)19(23,24)25/h2-8H,9-10H2,1H3/q+1. The van der Waals surface area contributed by atoms with E-state index in [1.54, 1.807) is 0 Å². The number of alkyl halides is 6. The van der Waals surface area contributed by atoms with E-state index in [2.05, 4.69) is 9.82 Å². The van der Waals surface area contributed by atoms with E-state index in [-0.39, 0.29) is 5.56 Å². The number of halogens is 6. The summed E-state index contributed by atoms with van der Waals surface area (Å²) in [5, 5.41) is 0. The second kappa shape index (κ2) is 8.60. The molecule has 0 N–H and O–H groups in total. The topological polar surface area (TPSA) is 111 Å². The Hall–Kier alpha value is -3.53. The van der Waals surface area contributed by atoms with E-state index in [1.807, 2.05) is 0 Å². The van der Waals surface area contributed by atoms with Crippen LogP contribution in [-0.4, -0.2) is 54.2 Å². The van der Waals surface area contributed by atoms with Gasteiger partial charge in [-0.3, -0.25) is 14.6 Å². The summed E-state index contributed by atoms with van der Waals surface area (Å²) in [7, 11) is -5.74. The highest BCUT2D eigenvalue weighted by atomic mass is 32.2. The van der Waals surface area contributed by atoms with Gasteiger partial charge < -0.3 is 0 Å². The number of nitrogens with zero attached hydrogens (tertiary/aromatic N) is 3. The number of carbonyl (C=O) groups is 3. The molecule has 1 atom stereocenters. The minimum Gasteiger partial charge on any atom is -0.267 e. The molecular weight excluding hydrogens is 512 g/mol. The minimum absolute atomic E-state index is 0.213. The molecule has 1 saturated heterocycles. The van der Waals surface area contributed by atoms with Crippen LogP contribution in [0.15, 0.2) is 47.6 Å². The van der Waals surface area contributed by atoms with Crippen molar-refractivity contribution in [3.05, 3.63) is 53.9 Å². The predicted octanol–water partition coefficient (Wildman–Crippen LogP) is 3.19. The van der Waals surface area contributed by atoms with Crippen molar-refractivity contribution < 1.29 is 58.6 Å². The number of hydrogen-bond acceptors (Lipinski definition) is 7. The molecule has 2 aromatic rings. The normalized spacial score (nSPS) is 19.2. The largest absolute Gasteiger partial charge is 0.501 e. The number of rotatable bonds is 5. The molecule has 1 unspecified atom stereocenters. The number of pyridine rings is 1. The maximum absolute atomic E-state index is 13.2. The number of anilines is 1. The van der Waals surface area contributed by atoms with Gasteiger partial charge in [0.2, 0.25) is 6.54 Å². The van der Waals surface area contributed by atoms with Crippen molar-refractivity contribution in [1.29, 1.82) is 0 Å². The minimum atomic E-state index is -5.74. The van der Waals surface area contributed by atoms with Crippen molar-refractivity contribution in [1.82, 2.24) is 4.98 Å². The Bertz CT molecular complexity index is 1290. The second-order valence-corrected chi connectivity index (χ2v) is 9.28. The van der Waals surface area contributed by atoms with E-state index in [4.69, 9.17) is 0 Å². The lowest BCUT2D eigenvalue weighted by Crippen LogP contribution is -2.53. The predicted molar refractivity (Wildman–Crippen MR) is 103 cm³/mol. The molecule has 35 heavy (non-hydrogen) atoms. The summed E-state index contributed by atoms with van der Waals surface area (Å²) in [6.45, 7) is -0.257. The summed E-state index contributed by atoms with van der Waals surface area (Å²) in [6, 6.07) is 2.21. The Morgan fingerprint density at radius 1 is 1.09 bits per heavy atom. The van der Waals surface area contributed by atoms with Crippen LogP contribution in [0.2, 0.25) is 0 Å². The molecule has 1 aromatic carbocycles. The van der Waals surface area contributed by atoms with Crippen LogP contribution in [0.3, 0.4) is 0 Å². The number of carbonyl (C=O) groups excluding carboxylic acids is 3. The summed E-state index contributed by atoms with van der Waals surface area (Å²) in [6.07, 6.45) is -2.94. The third-order valence-corrected chi connectivity index (χ3v) is 6.44. The first-order valence-corrected chi connectivity index (χ1v) is 10.8. The van der Waals surface area contributed by atoms with Crippen molar-refractivity contribution in [3.8, 4) is 0 Å². The van der Waals surface area contributed by atoms with Crippen molar-refractivity contribution >= 4 is 33.4 Å². The zero-order valence-corrected chi connectivity index (χ0v) is 18.2. The third kappa shape index (κ3) is 4.84. The number of quaternary nitrogens is 1. The van der Waals surface area contributed by atoms with Crippen molar-refractivity contribution in [2.45, 2.75) is 30.0 Å². The highest BCUT2D eigenvalue weighted by Crippen LogP contribution is 2.35. The molecule has 1 fully saturated rings.